The molecule has 104 valence electrons. The largest absolute Gasteiger partial charge is 0.378 e. The fraction of sp³-hybridized carbons (Fsp3) is 0.250. The zero-order valence-electron chi connectivity index (χ0n) is 10.7. The molecule has 20 heavy (non-hydrogen) atoms. The van der Waals surface area contributed by atoms with Crippen LogP contribution in [0.2, 0.25) is 10.0 Å². The molecule has 1 aliphatic carbocycles. The van der Waals surface area contributed by atoms with Crippen LogP contribution in [-0.2, 0) is 0 Å². The van der Waals surface area contributed by atoms with E-state index in [0.29, 0.717) is 5.92 Å². The smallest absolute Gasteiger partial charge is 0.141 e. The first-order valence-corrected chi connectivity index (χ1v) is 7.36. The Bertz CT molecular complexity index is 608. The maximum Gasteiger partial charge on any atom is 0.141 e. The van der Waals surface area contributed by atoms with E-state index in [9.17, 15) is 4.39 Å². The third-order valence-electron chi connectivity index (χ3n) is 3.56. The summed E-state index contributed by atoms with van der Waals surface area (Å²) < 4.78 is 13.2. The van der Waals surface area contributed by atoms with Crippen molar-refractivity contribution in [2.24, 2.45) is 5.92 Å². The van der Waals surface area contributed by atoms with Crippen LogP contribution >= 0.6 is 23.2 Å². The summed E-state index contributed by atoms with van der Waals surface area (Å²) in [7, 11) is 0. The first kappa shape index (κ1) is 13.7. The number of rotatable bonds is 4. The molecule has 0 aromatic heterocycles. The van der Waals surface area contributed by atoms with Crippen LogP contribution in [0.1, 0.15) is 24.4 Å². The number of nitrogens with one attached hydrogen (secondary N) is 1. The normalized spacial score (nSPS) is 15.9. The van der Waals surface area contributed by atoms with Gasteiger partial charge in [-0.2, -0.15) is 0 Å². The summed E-state index contributed by atoms with van der Waals surface area (Å²) in [6.45, 7) is 0. The molecular formula is C16H14Cl2FN. The lowest BCUT2D eigenvalue weighted by Crippen LogP contribution is -2.12. The van der Waals surface area contributed by atoms with Gasteiger partial charge in [-0.3, -0.25) is 0 Å². The van der Waals surface area contributed by atoms with Crippen LogP contribution in [0.15, 0.2) is 42.5 Å². The molecule has 4 heteroatoms. The summed E-state index contributed by atoms with van der Waals surface area (Å²) in [4.78, 5) is 0. The van der Waals surface area contributed by atoms with Gasteiger partial charge in [0.2, 0.25) is 0 Å². The van der Waals surface area contributed by atoms with E-state index in [1.165, 1.54) is 24.5 Å². The molecular weight excluding hydrogens is 296 g/mol. The summed E-state index contributed by atoms with van der Waals surface area (Å²) >= 11 is 11.8. The lowest BCUT2D eigenvalue weighted by atomic mass is 10.0. The Balaban J connectivity index is 1.84. The van der Waals surface area contributed by atoms with Crippen molar-refractivity contribution >= 4 is 28.9 Å². The lowest BCUT2D eigenvalue weighted by molar-refractivity contribution is 0.627. The van der Waals surface area contributed by atoms with Crippen LogP contribution in [0.4, 0.5) is 10.1 Å². The van der Waals surface area contributed by atoms with Crippen molar-refractivity contribution in [3.8, 4) is 0 Å². The van der Waals surface area contributed by atoms with Crippen LogP contribution < -0.4 is 5.32 Å². The Morgan fingerprint density at radius 1 is 1.05 bits per heavy atom. The van der Waals surface area contributed by atoms with E-state index in [1.807, 2.05) is 24.3 Å². The van der Waals surface area contributed by atoms with Crippen molar-refractivity contribution in [1.82, 2.24) is 0 Å². The molecule has 0 heterocycles. The highest BCUT2D eigenvalue weighted by Gasteiger charge is 2.32. The number of benzene rings is 2. The molecule has 2 aromatic carbocycles. The van der Waals surface area contributed by atoms with E-state index < -0.39 is 5.82 Å². The third-order valence-corrected chi connectivity index (χ3v) is 4.11. The van der Waals surface area contributed by atoms with Gasteiger partial charge in [0.1, 0.15) is 5.82 Å². The van der Waals surface area contributed by atoms with E-state index in [4.69, 9.17) is 23.2 Å². The lowest BCUT2D eigenvalue weighted by Gasteiger charge is -2.20. The second-order valence-electron chi connectivity index (χ2n) is 5.14. The van der Waals surface area contributed by atoms with E-state index in [0.717, 1.165) is 10.7 Å². The van der Waals surface area contributed by atoms with Gasteiger partial charge < -0.3 is 5.32 Å². The first-order valence-electron chi connectivity index (χ1n) is 6.60. The van der Waals surface area contributed by atoms with Crippen LogP contribution in [0, 0.1) is 11.7 Å². The molecule has 0 radical (unpaired) electrons. The molecule has 0 aliphatic heterocycles. The third kappa shape index (κ3) is 3.08. The predicted octanol–water partition coefficient (Wildman–Crippen LogP) is 5.70. The summed E-state index contributed by atoms with van der Waals surface area (Å²) in [5, 5.41) is 4.32. The molecule has 1 atom stereocenters. The van der Waals surface area contributed by atoms with Gasteiger partial charge in [0.15, 0.2) is 0 Å². The average molecular weight is 310 g/mol. The highest BCUT2D eigenvalue weighted by molar-refractivity contribution is 6.31. The van der Waals surface area contributed by atoms with E-state index >= 15 is 0 Å². The van der Waals surface area contributed by atoms with Gasteiger partial charge in [0.05, 0.1) is 11.1 Å². The van der Waals surface area contributed by atoms with Gasteiger partial charge in [-0.05, 0) is 54.7 Å². The van der Waals surface area contributed by atoms with Crippen LogP contribution in [0.3, 0.4) is 0 Å². The van der Waals surface area contributed by atoms with Gasteiger partial charge in [-0.15, -0.1) is 0 Å². The Morgan fingerprint density at radius 2 is 1.75 bits per heavy atom. The molecule has 1 N–H and O–H groups in total. The van der Waals surface area contributed by atoms with Crippen molar-refractivity contribution in [1.29, 1.82) is 0 Å². The van der Waals surface area contributed by atoms with Crippen molar-refractivity contribution < 1.29 is 4.39 Å². The van der Waals surface area contributed by atoms with E-state index in [1.54, 1.807) is 12.1 Å². The minimum Gasteiger partial charge on any atom is -0.378 e. The van der Waals surface area contributed by atoms with Crippen molar-refractivity contribution in [2.75, 3.05) is 5.32 Å². The number of halogens is 3. The molecule has 2 aromatic rings. The number of anilines is 1. The Hall–Kier alpha value is -1.25. The highest BCUT2D eigenvalue weighted by Crippen LogP contribution is 2.43. The van der Waals surface area contributed by atoms with Gasteiger partial charge in [0.25, 0.3) is 0 Å². The minimum atomic E-state index is -0.397. The molecule has 1 unspecified atom stereocenters. The molecule has 1 nitrogen and oxygen atoms in total. The molecule has 0 bridgehead atoms. The molecule has 0 amide bonds. The molecule has 1 fully saturated rings. The van der Waals surface area contributed by atoms with Gasteiger partial charge >= 0.3 is 0 Å². The Morgan fingerprint density at radius 3 is 2.35 bits per heavy atom. The second-order valence-corrected chi connectivity index (χ2v) is 5.98. The molecule has 1 saturated carbocycles. The zero-order valence-corrected chi connectivity index (χ0v) is 12.3. The van der Waals surface area contributed by atoms with Gasteiger partial charge in [-0.1, -0.05) is 35.3 Å². The van der Waals surface area contributed by atoms with Crippen molar-refractivity contribution in [3.05, 3.63) is 63.9 Å². The maximum absolute atomic E-state index is 13.2. The zero-order chi connectivity index (χ0) is 14.1. The topological polar surface area (TPSA) is 12.0 Å². The summed E-state index contributed by atoms with van der Waals surface area (Å²) in [6, 6.07) is 12.8. The molecule has 0 saturated heterocycles. The molecule has 1 aliphatic rings. The van der Waals surface area contributed by atoms with Gasteiger partial charge in [-0.25, -0.2) is 4.39 Å². The fourth-order valence-corrected chi connectivity index (χ4v) is 2.65. The standard InChI is InChI=1S/C16H14Cl2FN/c17-12-5-3-11(4-6-12)16(10-1-2-10)20-13-7-8-15(19)14(18)9-13/h3-10,16,20H,1-2H2. The summed E-state index contributed by atoms with van der Waals surface area (Å²) in [6.07, 6.45) is 2.41. The molecule has 3 rings (SSSR count). The van der Waals surface area contributed by atoms with E-state index in [2.05, 4.69) is 5.32 Å². The summed E-state index contributed by atoms with van der Waals surface area (Å²) in [5.41, 5.74) is 2.03. The minimum absolute atomic E-state index is 0.139. The predicted molar refractivity (Wildman–Crippen MR) is 81.9 cm³/mol. The van der Waals surface area contributed by atoms with Gasteiger partial charge in [0, 0.05) is 10.7 Å². The Labute approximate surface area is 127 Å². The maximum atomic E-state index is 13.2. The first-order chi connectivity index (χ1) is 9.63. The fourth-order valence-electron chi connectivity index (χ4n) is 2.34. The average Bonchev–Trinajstić information content (AvgIpc) is 3.26. The Kier molecular flexibility index (Phi) is 3.86. The number of hydrogen-bond donors (Lipinski definition) is 1. The highest BCUT2D eigenvalue weighted by atomic mass is 35.5. The monoisotopic (exact) mass is 309 g/mol. The van der Waals surface area contributed by atoms with Crippen LogP contribution in [0.5, 0.6) is 0 Å². The summed E-state index contributed by atoms with van der Waals surface area (Å²) in [5.74, 6) is 0.215. The van der Waals surface area contributed by atoms with Crippen LogP contribution in [-0.4, -0.2) is 0 Å². The quantitative estimate of drug-likeness (QED) is 0.764. The molecule has 0 spiro atoms. The van der Waals surface area contributed by atoms with Crippen molar-refractivity contribution in [2.45, 2.75) is 18.9 Å². The van der Waals surface area contributed by atoms with Crippen LogP contribution in [0.25, 0.3) is 0 Å². The van der Waals surface area contributed by atoms with E-state index in [-0.39, 0.29) is 11.1 Å². The number of hydrogen-bond acceptors (Lipinski definition) is 1. The second kappa shape index (κ2) is 5.63. The SMILES string of the molecule is Fc1ccc(NC(c2ccc(Cl)cc2)C2CC2)cc1Cl. The van der Waals surface area contributed by atoms with Crippen molar-refractivity contribution in [3.63, 3.8) is 0 Å².